The zero-order valence-electron chi connectivity index (χ0n) is 5.23. The molecule has 10 heavy (non-hydrogen) atoms. The van der Waals surface area contributed by atoms with Crippen LogP contribution in [-0.2, 0) is 0 Å². The van der Waals surface area contributed by atoms with Crippen molar-refractivity contribution in [2.24, 2.45) is 0 Å². The van der Waals surface area contributed by atoms with Gasteiger partial charge in [-0.1, -0.05) is 0 Å². The van der Waals surface area contributed by atoms with Crippen LogP contribution < -0.4 is 0 Å². The fourth-order valence-corrected chi connectivity index (χ4v) is 0.820. The van der Waals surface area contributed by atoms with E-state index in [-0.39, 0.29) is 0 Å². The second kappa shape index (κ2) is 2.02. The summed E-state index contributed by atoms with van der Waals surface area (Å²) in [6, 6.07) is 3.80. The summed E-state index contributed by atoms with van der Waals surface area (Å²) >= 11 is 0. The summed E-state index contributed by atoms with van der Waals surface area (Å²) in [7, 11) is 0. The normalized spacial score (nSPS) is 10.0. The first-order chi connectivity index (χ1) is 4.97. The lowest BCUT2D eigenvalue weighted by molar-refractivity contribution is 1.18. The van der Waals surface area contributed by atoms with E-state index >= 15 is 0 Å². The third kappa shape index (κ3) is 0.719. The molecule has 2 aromatic rings. The van der Waals surface area contributed by atoms with Gasteiger partial charge in [0.1, 0.15) is 6.33 Å². The van der Waals surface area contributed by atoms with E-state index in [1.807, 2.05) is 12.1 Å². The molecule has 2 aromatic heterocycles. The van der Waals surface area contributed by atoms with Crippen LogP contribution in [-0.4, -0.2) is 15.0 Å². The summed E-state index contributed by atoms with van der Waals surface area (Å²) in [5, 5.41) is 0.977. The van der Waals surface area contributed by atoms with Gasteiger partial charge in [0.2, 0.25) is 0 Å². The van der Waals surface area contributed by atoms with Gasteiger partial charge >= 0.3 is 0 Å². The Bertz CT molecular complexity index is 280. The Balaban J connectivity index is 2.89. The summed E-state index contributed by atoms with van der Waals surface area (Å²) in [6.07, 6.45) is 4.96. The lowest BCUT2D eigenvalue weighted by Crippen LogP contribution is -1.82. The van der Waals surface area contributed by atoms with E-state index in [9.17, 15) is 0 Å². The quantitative estimate of drug-likeness (QED) is 0.536. The molecule has 0 N–H and O–H groups in total. The number of pyridine rings is 1. The molecule has 0 saturated carbocycles. The Kier molecular flexibility index (Phi) is 1.07. The summed E-state index contributed by atoms with van der Waals surface area (Å²) in [4.78, 5) is 11.9. The first-order valence-corrected chi connectivity index (χ1v) is 2.97. The Morgan fingerprint density at radius 2 is 2.20 bits per heavy atom. The third-order valence-corrected chi connectivity index (χ3v) is 1.28. The molecule has 2 heterocycles. The number of aromatic nitrogens is 3. The first-order valence-electron chi connectivity index (χ1n) is 2.97. The molecular weight excluding hydrogens is 126 g/mol. The summed E-state index contributed by atoms with van der Waals surface area (Å²) < 4.78 is 0. The van der Waals surface area contributed by atoms with Crippen LogP contribution in [0.1, 0.15) is 0 Å². The zero-order valence-corrected chi connectivity index (χ0v) is 5.23. The summed E-state index contributed by atoms with van der Waals surface area (Å²) in [5.74, 6) is 0. The molecule has 48 valence electrons. The molecule has 3 heteroatoms. The highest BCUT2D eigenvalue weighted by Crippen LogP contribution is 2.02. The maximum Gasteiger partial charge on any atom is 0.162 e. The molecule has 0 aliphatic heterocycles. The van der Waals surface area contributed by atoms with Crippen molar-refractivity contribution in [3.8, 4) is 0 Å². The van der Waals surface area contributed by atoms with Crippen LogP contribution in [0, 0.1) is 0 Å². The van der Waals surface area contributed by atoms with E-state index in [2.05, 4.69) is 15.0 Å². The molecule has 0 atom stereocenters. The van der Waals surface area contributed by atoms with Crippen LogP contribution >= 0.6 is 0 Å². The van der Waals surface area contributed by atoms with Gasteiger partial charge in [-0.15, -0.1) is 0 Å². The van der Waals surface area contributed by atoms with E-state index in [0.717, 1.165) is 11.0 Å². The fourth-order valence-electron chi connectivity index (χ4n) is 0.820. The lowest BCUT2D eigenvalue weighted by atomic mass is 10.3. The van der Waals surface area contributed by atoms with Gasteiger partial charge in [-0.25, -0.2) is 15.0 Å². The van der Waals surface area contributed by atoms with Gasteiger partial charge in [0, 0.05) is 17.8 Å². The minimum Gasteiger partial charge on any atom is -0.244 e. The Labute approximate surface area is 57.8 Å². The van der Waals surface area contributed by atoms with E-state index < -0.39 is 0 Å². The second-order valence-electron chi connectivity index (χ2n) is 1.94. The maximum atomic E-state index is 4.03. The van der Waals surface area contributed by atoms with Gasteiger partial charge in [-0.3, -0.25) is 0 Å². The molecule has 3 nitrogen and oxygen atoms in total. The number of hydrogen-bond acceptors (Lipinski definition) is 3. The minimum atomic E-state index is 0.748. The SMILES string of the molecule is c1cnc2ncncc2c1. The number of fused-ring (bicyclic) bond motifs is 1. The third-order valence-electron chi connectivity index (χ3n) is 1.28. The van der Waals surface area contributed by atoms with E-state index in [4.69, 9.17) is 0 Å². The number of rotatable bonds is 0. The molecule has 0 aliphatic rings. The van der Waals surface area contributed by atoms with Crippen molar-refractivity contribution < 1.29 is 0 Å². The van der Waals surface area contributed by atoms with Crippen LogP contribution in [0.15, 0.2) is 30.9 Å². The molecule has 0 radical (unpaired) electrons. The van der Waals surface area contributed by atoms with Gasteiger partial charge < -0.3 is 0 Å². The van der Waals surface area contributed by atoms with Crippen LogP contribution in [0.25, 0.3) is 11.0 Å². The molecule has 0 amide bonds. The Morgan fingerprint density at radius 3 is 3.10 bits per heavy atom. The fraction of sp³-hybridized carbons (Fsp3) is 0. The van der Waals surface area contributed by atoms with Crippen LogP contribution in [0.4, 0.5) is 0 Å². The molecule has 0 unspecified atom stereocenters. The zero-order chi connectivity index (χ0) is 6.81. The van der Waals surface area contributed by atoms with Gasteiger partial charge in [0.25, 0.3) is 0 Å². The Morgan fingerprint density at radius 1 is 1.20 bits per heavy atom. The largest absolute Gasteiger partial charge is 0.244 e. The molecular formula is C7H5N3. The predicted molar refractivity (Wildman–Crippen MR) is 37.3 cm³/mol. The van der Waals surface area contributed by atoms with Crippen LogP contribution in [0.5, 0.6) is 0 Å². The van der Waals surface area contributed by atoms with Crippen LogP contribution in [0.2, 0.25) is 0 Å². The van der Waals surface area contributed by atoms with E-state index in [1.54, 1.807) is 12.4 Å². The lowest BCUT2D eigenvalue weighted by Gasteiger charge is -1.89. The van der Waals surface area contributed by atoms with Crippen molar-refractivity contribution in [3.05, 3.63) is 30.9 Å². The van der Waals surface area contributed by atoms with Crippen molar-refractivity contribution >= 4 is 11.0 Å². The van der Waals surface area contributed by atoms with Crippen LogP contribution in [0.3, 0.4) is 0 Å². The van der Waals surface area contributed by atoms with E-state index in [1.165, 1.54) is 6.33 Å². The van der Waals surface area contributed by atoms with Crippen molar-refractivity contribution in [1.82, 2.24) is 15.0 Å². The summed E-state index contributed by atoms with van der Waals surface area (Å²) in [5.41, 5.74) is 0.748. The molecule has 0 aliphatic carbocycles. The maximum absolute atomic E-state index is 4.03. The molecule has 0 spiro atoms. The number of hydrogen-bond donors (Lipinski definition) is 0. The van der Waals surface area contributed by atoms with Gasteiger partial charge in [-0.05, 0) is 12.1 Å². The molecule has 2 rings (SSSR count). The van der Waals surface area contributed by atoms with Gasteiger partial charge in [-0.2, -0.15) is 0 Å². The molecule has 0 saturated heterocycles. The molecule has 0 aromatic carbocycles. The van der Waals surface area contributed by atoms with Crippen molar-refractivity contribution in [2.45, 2.75) is 0 Å². The minimum absolute atomic E-state index is 0.748. The first kappa shape index (κ1) is 5.29. The Hall–Kier alpha value is -1.51. The number of nitrogens with zero attached hydrogens (tertiary/aromatic N) is 3. The monoisotopic (exact) mass is 131 g/mol. The topological polar surface area (TPSA) is 38.7 Å². The molecule has 0 fully saturated rings. The standard InChI is InChI=1S/C7H5N3/c1-2-6-4-8-5-10-7(6)9-3-1/h1-5H. The van der Waals surface area contributed by atoms with Gasteiger partial charge in [0.15, 0.2) is 5.65 Å². The average Bonchev–Trinajstić information content (AvgIpc) is 2.05. The highest BCUT2D eigenvalue weighted by molar-refractivity contribution is 5.72. The highest BCUT2D eigenvalue weighted by atomic mass is 14.9. The highest BCUT2D eigenvalue weighted by Gasteiger charge is 1.89. The average molecular weight is 131 g/mol. The smallest absolute Gasteiger partial charge is 0.162 e. The predicted octanol–water partition coefficient (Wildman–Crippen LogP) is 1.02. The van der Waals surface area contributed by atoms with Crippen molar-refractivity contribution in [1.29, 1.82) is 0 Å². The van der Waals surface area contributed by atoms with Gasteiger partial charge in [0.05, 0.1) is 0 Å². The second-order valence-corrected chi connectivity index (χ2v) is 1.94. The molecule has 0 bridgehead atoms. The van der Waals surface area contributed by atoms with Crippen molar-refractivity contribution in [3.63, 3.8) is 0 Å². The summed E-state index contributed by atoms with van der Waals surface area (Å²) in [6.45, 7) is 0. The van der Waals surface area contributed by atoms with E-state index in [0.29, 0.717) is 0 Å². The van der Waals surface area contributed by atoms with Crippen molar-refractivity contribution in [2.75, 3.05) is 0 Å².